The summed E-state index contributed by atoms with van der Waals surface area (Å²) in [6.45, 7) is 4.80. The molecule has 0 bridgehead atoms. The van der Waals surface area contributed by atoms with Gasteiger partial charge in [-0.15, -0.1) is 0 Å². The Morgan fingerprint density at radius 2 is 2.07 bits per heavy atom. The van der Waals surface area contributed by atoms with E-state index in [1.165, 1.54) is 0 Å². The average molecular weight is 424 g/mol. The summed E-state index contributed by atoms with van der Waals surface area (Å²) in [6.07, 6.45) is 1.97. The summed E-state index contributed by atoms with van der Waals surface area (Å²) < 4.78 is 5.19. The number of rotatable bonds is 5. The highest BCUT2D eigenvalue weighted by Gasteiger charge is 2.25. The van der Waals surface area contributed by atoms with Crippen LogP contribution in [-0.4, -0.2) is 34.5 Å². The zero-order valence-corrected chi connectivity index (χ0v) is 17.4. The summed E-state index contributed by atoms with van der Waals surface area (Å²) in [5.41, 5.74) is 2.56. The lowest BCUT2D eigenvalue weighted by molar-refractivity contribution is -0.131. The smallest absolute Gasteiger partial charge is 0.224 e. The molecular weight excluding hydrogens is 401 g/mol. The maximum absolute atomic E-state index is 12.5. The molecule has 1 fully saturated rings. The van der Waals surface area contributed by atoms with Gasteiger partial charge >= 0.3 is 0 Å². The van der Waals surface area contributed by atoms with Crippen molar-refractivity contribution >= 4 is 35.0 Å². The predicted molar refractivity (Wildman–Crippen MR) is 107 cm³/mol. The number of benzene rings is 1. The molecular formula is C20H23Cl2N3O3. The van der Waals surface area contributed by atoms with Gasteiger partial charge in [0.2, 0.25) is 11.8 Å². The van der Waals surface area contributed by atoms with Crippen molar-refractivity contribution in [1.29, 1.82) is 0 Å². The topological polar surface area (TPSA) is 75.4 Å². The molecule has 1 saturated heterocycles. The number of aromatic nitrogens is 1. The molecule has 0 spiro atoms. The molecule has 8 heteroatoms. The molecule has 28 heavy (non-hydrogen) atoms. The number of hydrogen-bond donors (Lipinski definition) is 1. The summed E-state index contributed by atoms with van der Waals surface area (Å²) in [5.74, 6) is 0.734. The highest BCUT2D eigenvalue weighted by Crippen LogP contribution is 2.23. The molecule has 2 aromatic rings. The first-order valence-corrected chi connectivity index (χ1v) is 10.0. The molecule has 1 N–H and O–H groups in total. The third-order valence-corrected chi connectivity index (χ3v) is 5.79. The van der Waals surface area contributed by atoms with Gasteiger partial charge in [0.25, 0.3) is 0 Å². The van der Waals surface area contributed by atoms with E-state index in [-0.39, 0.29) is 24.3 Å². The summed E-state index contributed by atoms with van der Waals surface area (Å²) in [5, 5.41) is 7.88. The Kier molecular flexibility index (Phi) is 6.62. The van der Waals surface area contributed by atoms with Crippen molar-refractivity contribution < 1.29 is 14.1 Å². The van der Waals surface area contributed by atoms with Crippen molar-refractivity contribution in [1.82, 2.24) is 15.4 Å². The molecule has 1 aliphatic rings. The molecule has 1 atom stereocenters. The number of nitrogens with zero attached hydrogens (tertiary/aromatic N) is 2. The van der Waals surface area contributed by atoms with Crippen LogP contribution in [-0.2, 0) is 22.6 Å². The maximum atomic E-state index is 12.5. The van der Waals surface area contributed by atoms with Crippen molar-refractivity contribution in [3.8, 4) is 0 Å². The quantitative estimate of drug-likeness (QED) is 0.792. The molecule has 0 saturated carbocycles. The van der Waals surface area contributed by atoms with Crippen molar-refractivity contribution in [2.24, 2.45) is 0 Å². The lowest BCUT2D eigenvalue weighted by Gasteiger charge is -2.21. The first kappa shape index (κ1) is 20.7. The van der Waals surface area contributed by atoms with Gasteiger partial charge in [0.15, 0.2) is 0 Å². The fourth-order valence-corrected chi connectivity index (χ4v) is 3.70. The van der Waals surface area contributed by atoms with Gasteiger partial charge < -0.3 is 14.7 Å². The second-order valence-electron chi connectivity index (χ2n) is 7.14. The lowest BCUT2D eigenvalue weighted by Crippen LogP contribution is -2.36. The second kappa shape index (κ2) is 8.97. The van der Waals surface area contributed by atoms with Gasteiger partial charge in [-0.3, -0.25) is 9.59 Å². The Bertz CT molecular complexity index is 862. The zero-order valence-electron chi connectivity index (χ0n) is 15.9. The standard InChI is InChI=1S/C20H23Cl2N3O3/c1-12-16(13(2)28-24-12)11-25-8-7-15(4-6-20(25)27)23-19(26)10-14-3-5-17(21)18(22)9-14/h3,5,9,15H,4,6-8,10-11H2,1-2H3,(H,23,26). The van der Waals surface area contributed by atoms with Crippen LogP contribution in [0.5, 0.6) is 0 Å². The molecule has 1 unspecified atom stereocenters. The monoisotopic (exact) mass is 423 g/mol. The number of carbonyl (C=O) groups is 2. The van der Waals surface area contributed by atoms with Crippen LogP contribution in [0.2, 0.25) is 10.0 Å². The molecule has 1 aliphatic heterocycles. The minimum atomic E-state index is -0.0880. The minimum absolute atomic E-state index is 0.0334. The van der Waals surface area contributed by atoms with Crippen molar-refractivity contribution in [3.05, 3.63) is 50.8 Å². The molecule has 1 aromatic carbocycles. The minimum Gasteiger partial charge on any atom is -0.361 e. The van der Waals surface area contributed by atoms with E-state index < -0.39 is 0 Å². The number of hydrogen-bond acceptors (Lipinski definition) is 4. The summed E-state index contributed by atoms with van der Waals surface area (Å²) in [7, 11) is 0. The van der Waals surface area contributed by atoms with Crippen molar-refractivity contribution in [3.63, 3.8) is 0 Å². The maximum Gasteiger partial charge on any atom is 0.224 e. The van der Waals surface area contributed by atoms with Crippen LogP contribution < -0.4 is 5.32 Å². The Balaban J connectivity index is 1.56. The van der Waals surface area contributed by atoms with Crippen molar-refractivity contribution in [2.75, 3.05) is 6.54 Å². The normalized spacial score (nSPS) is 17.5. The Labute approximate surface area is 174 Å². The van der Waals surface area contributed by atoms with Crippen LogP contribution in [0.15, 0.2) is 22.7 Å². The first-order valence-electron chi connectivity index (χ1n) is 9.26. The largest absolute Gasteiger partial charge is 0.361 e. The Morgan fingerprint density at radius 3 is 2.75 bits per heavy atom. The zero-order chi connectivity index (χ0) is 20.3. The van der Waals surface area contributed by atoms with Crippen LogP contribution in [0, 0.1) is 13.8 Å². The van der Waals surface area contributed by atoms with E-state index in [4.69, 9.17) is 27.7 Å². The lowest BCUT2D eigenvalue weighted by atomic mass is 10.1. The van der Waals surface area contributed by atoms with Gasteiger partial charge in [0.05, 0.1) is 28.7 Å². The molecule has 0 aliphatic carbocycles. The van der Waals surface area contributed by atoms with E-state index >= 15 is 0 Å². The van der Waals surface area contributed by atoms with E-state index in [9.17, 15) is 9.59 Å². The third kappa shape index (κ3) is 5.06. The molecule has 3 rings (SSSR count). The van der Waals surface area contributed by atoms with E-state index in [0.29, 0.717) is 42.4 Å². The summed E-state index contributed by atoms with van der Waals surface area (Å²) >= 11 is 11.9. The predicted octanol–water partition coefficient (Wildman–Crippen LogP) is 3.84. The average Bonchev–Trinajstić information content (AvgIpc) is 2.85. The van der Waals surface area contributed by atoms with Gasteiger partial charge in [-0.1, -0.05) is 34.4 Å². The number of nitrogens with one attached hydrogen (secondary N) is 1. The number of carbonyl (C=O) groups excluding carboxylic acids is 2. The van der Waals surface area contributed by atoms with E-state index in [1.54, 1.807) is 18.2 Å². The number of likely N-dealkylation sites (tertiary alicyclic amines) is 1. The molecule has 150 valence electrons. The van der Waals surface area contributed by atoms with Gasteiger partial charge in [0, 0.05) is 24.6 Å². The van der Waals surface area contributed by atoms with Crippen LogP contribution in [0.4, 0.5) is 0 Å². The SMILES string of the molecule is Cc1noc(C)c1CN1CCC(NC(=O)Cc2ccc(Cl)c(Cl)c2)CCC1=O. The molecule has 0 radical (unpaired) electrons. The fourth-order valence-electron chi connectivity index (χ4n) is 3.38. The van der Waals surface area contributed by atoms with E-state index in [0.717, 1.165) is 22.6 Å². The van der Waals surface area contributed by atoms with Crippen LogP contribution in [0.1, 0.15) is 41.8 Å². The van der Waals surface area contributed by atoms with Gasteiger partial charge in [-0.25, -0.2) is 0 Å². The Hall–Kier alpha value is -2.05. The third-order valence-electron chi connectivity index (χ3n) is 5.05. The molecule has 6 nitrogen and oxygen atoms in total. The first-order chi connectivity index (χ1) is 13.3. The second-order valence-corrected chi connectivity index (χ2v) is 7.95. The molecule has 2 amide bonds. The summed E-state index contributed by atoms with van der Waals surface area (Å²) in [4.78, 5) is 26.7. The highest BCUT2D eigenvalue weighted by atomic mass is 35.5. The number of aryl methyl sites for hydroxylation is 2. The van der Waals surface area contributed by atoms with E-state index in [1.807, 2.05) is 18.7 Å². The van der Waals surface area contributed by atoms with Gasteiger partial charge in [-0.05, 0) is 44.4 Å². The number of halogens is 2. The fraction of sp³-hybridized carbons (Fsp3) is 0.450. The van der Waals surface area contributed by atoms with Gasteiger partial charge in [-0.2, -0.15) is 0 Å². The summed E-state index contributed by atoms with van der Waals surface area (Å²) in [6, 6.07) is 5.14. The molecule has 1 aromatic heterocycles. The van der Waals surface area contributed by atoms with Crippen molar-refractivity contribution in [2.45, 2.75) is 52.1 Å². The van der Waals surface area contributed by atoms with E-state index in [2.05, 4.69) is 10.5 Å². The van der Waals surface area contributed by atoms with Crippen LogP contribution in [0.25, 0.3) is 0 Å². The number of amides is 2. The van der Waals surface area contributed by atoms with Crippen LogP contribution in [0.3, 0.4) is 0 Å². The Morgan fingerprint density at radius 1 is 1.29 bits per heavy atom. The van der Waals surface area contributed by atoms with Crippen LogP contribution >= 0.6 is 23.2 Å². The molecule has 2 heterocycles. The highest BCUT2D eigenvalue weighted by molar-refractivity contribution is 6.42. The van der Waals surface area contributed by atoms with Gasteiger partial charge in [0.1, 0.15) is 5.76 Å².